The van der Waals surface area contributed by atoms with Crippen LogP contribution in [0.2, 0.25) is 0 Å². The summed E-state index contributed by atoms with van der Waals surface area (Å²) >= 11 is 0. The minimum Gasteiger partial charge on any atom is -0.481 e. The van der Waals surface area contributed by atoms with Crippen LogP contribution in [0.4, 0.5) is 4.79 Å². The summed E-state index contributed by atoms with van der Waals surface area (Å²) in [6, 6.07) is 7.12. The third kappa shape index (κ3) is 4.52. The van der Waals surface area contributed by atoms with Gasteiger partial charge in [-0.05, 0) is 25.1 Å². The summed E-state index contributed by atoms with van der Waals surface area (Å²) in [7, 11) is 1.55. The Bertz CT molecular complexity index is 569. The summed E-state index contributed by atoms with van der Waals surface area (Å²) < 4.78 is 10.4. The predicted molar refractivity (Wildman–Crippen MR) is 78.0 cm³/mol. The third-order valence-corrected chi connectivity index (χ3v) is 2.95. The van der Waals surface area contributed by atoms with E-state index in [1.54, 1.807) is 25.6 Å². The second kappa shape index (κ2) is 7.33. The average Bonchev–Trinajstić information content (AvgIpc) is 2.98. The molecule has 6 nitrogen and oxygen atoms in total. The van der Waals surface area contributed by atoms with Crippen LogP contribution in [-0.2, 0) is 13.0 Å². The lowest BCUT2D eigenvalue weighted by atomic mass is 10.2. The first-order valence-corrected chi connectivity index (χ1v) is 6.73. The molecule has 0 saturated heterocycles. The van der Waals surface area contributed by atoms with E-state index in [2.05, 4.69) is 15.6 Å². The van der Waals surface area contributed by atoms with Crippen LogP contribution in [0.1, 0.15) is 18.2 Å². The Balaban J connectivity index is 1.79. The average molecular weight is 289 g/mol. The van der Waals surface area contributed by atoms with Gasteiger partial charge in [0.05, 0.1) is 13.4 Å². The van der Waals surface area contributed by atoms with Gasteiger partial charge < -0.3 is 19.8 Å². The summed E-state index contributed by atoms with van der Waals surface area (Å²) in [6.07, 6.45) is 3.92. The van der Waals surface area contributed by atoms with Crippen molar-refractivity contribution in [1.29, 1.82) is 0 Å². The van der Waals surface area contributed by atoms with Crippen LogP contribution in [0.25, 0.3) is 0 Å². The second-order valence-electron chi connectivity index (χ2n) is 4.68. The molecule has 1 atom stereocenters. The number of pyridine rings is 1. The van der Waals surface area contributed by atoms with Gasteiger partial charge in [0.15, 0.2) is 0 Å². The molecule has 0 aliphatic rings. The van der Waals surface area contributed by atoms with Gasteiger partial charge >= 0.3 is 6.03 Å². The van der Waals surface area contributed by atoms with Gasteiger partial charge in [0.1, 0.15) is 5.76 Å². The van der Waals surface area contributed by atoms with Crippen molar-refractivity contribution in [3.05, 3.63) is 48.0 Å². The fourth-order valence-electron chi connectivity index (χ4n) is 1.97. The van der Waals surface area contributed by atoms with Crippen molar-refractivity contribution in [3.8, 4) is 5.88 Å². The molecular formula is C15H19N3O3. The molecule has 0 unspecified atom stereocenters. The first-order chi connectivity index (χ1) is 10.2. The number of ether oxygens (including phenoxy) is 1. The number of aromatic nitrogens is 1. The summed E-state index contributed by atoms with van der Waals surface area (Å²) in [4.78, 5) is 15.9. The zero-order chi connectivity index (χ0) is 15.1. The SMILES string of the molecule is COc1ncccc1CNC(=O)N[C@H](C)Cc1ccco1. The zero-order valence-electron chi connectivity index (χ0n) is 12.1. The molecule has 0 aliphatic carbocycles. The van der Waals surface area contributed by atoms with Gasteiger partial charge in [-0.15, -0.1) is 0 Å². The lowest BCUT2D eigenvalue weighted by Crippen LogP contribution is -2.41. The number of hydrogen-bond donors (Lipinski definition) is 2. The number of urea groups is 1. The molecule has 0 fully saturated rings. The Kier molecular flexibility index (Phi) is 5.20. The molecule has 0 saturated carbocycles. The summed E-state index contributed by atoms with van der Waals surface area (Å²) in [6.45, 7) is 2.28. The van der Waals surface area contributed by atoms with Gasteiger partial charge in [-0.2, -0.15) is 0 Å². The van der Waals surface area contributed by atoms with Gasteiger partial charge in [-0.1, -0.05) is 6.07 Å². The molecule has 0 aromatic carbocycles. The summed E-state index contributed by atoms with van der Waals surface area (Å²) in [5.41, 5.74) is 0.828. The van der Waals surface area contributed by atoms with Crippen LogP contribution in [0.15, 0.2) is 41.1 Å². The molecule has 6 heteroatoms. The van der Waals surface area contributed by atoms with E-state index in [0.717, 1.165) is 11.3 Å². The lowest BCUT2D eigenvalue weighted by Gasteiger charge is -2.14. The Morgan fingerprint density at radius 1 is 1.43 bits per heavy atom. The molecule has 2 heterocycles. The van der Waals surface area contributed by atoms with Gasteiger partial charge in [0, 0.05) is 30.8 Å². The molecule has 2 rings (SSSR count). The van der Waals surface area contributed by atoms with Crippen molar-refractivity contribution >= 4 is 6.03 Å². The first kappa shape index (κ1) is 14.9. The first-order valence-electron chi connectivity index (χ1n) is 6.73. The third-order valence-electron chi connectivity index (χ3n) is 2.95. The second-order valence-corrected chi connectivity index (χ2v) is 4.68. The van der Waals surface area contributed by atoms with E-state index in [0.29, 0.717) is 18.8 Å². The van der Waals surface area contributed by atoms with Crippen LogP contribution in [0.5, 0.6) is 5.88 Å². The van der Waals surface area contributed by atoms with Crippen molar-refractivity contribution in [1.82, 2.24) is 15.6 Å². The predicted octanol–water partition coefficient (Wildman–Crippen LogP) is 2.11. The van der Waals surface area contributed by atoms with Crippen LogP contribution in [-0.4, -0.2) is 24.2 Å². The topological polar surface area (TPSA) is 76.4 Å². The highest BCUT2D eigenvalue weighted by Crippen LogP contribution is 2.12. The maximum Gasteiger partial charge on any atom is 0.315 e. The maximum absolute atomic E-state index is 11.8. The number of hydrogen-bond acceptors (Lipinski definition) is 4. The van der Waals surface area contributed by atoms with Gasteiger partial charge in [0.25, 0.3) is 0 Å². The van der Waals surface area contributed by atoms with E-state index >= 15 is 0 Å². The number of amides is 2. The van der Waals surface area contributed by atoms with Crippen molar-refractivity contribution in [2.24, 2.45) is 0 Å². The lowest BCUT2D eigenvalue weighted by molar-refractivity contribution is 0.236. The van der Waals surface area contributed by atoms with E-state index < -0.39 is 0 Å². The minimum atomic E-state index is -0.236. The van der Waals surface area contributed by atoms with Gasteiger partial charge in [0.2, 0.25) is 5.88 Å². The zero-order valence-corrected chi connectivity index (χ0v) is 12.1. The number of carbonyl (C=O) groups excluding carboxylic acids is 1. The van der Waals surface area contributed by atoms with Crippen molar-refractivity contribution in [2.75, 3.05) is 7.11 Å². The molecule has 0 bridgehead atoms. The monoisotopic (exact) mass is 289 g/mol. The Hall–Kier alpha value is -2.50. The molecule has 0 aliphatic heterocycles. The van der Waals surface area contributed by atoms with E-state index in [-0.39, 0.29) is 12.1 Å². The van der Waals surface area contributed by atoms with Gasteiger partial charge in [-0.25, -0.2) is 9.78 Å². The van der Waals surface area contributed by atoms with E-state index in [9.17, 15) is 4.79 Å². The molecule has 0 spiro atoms. The fraction of sp³-hybridized carbons (Fsp3) is 0.333. The smallest absolute Gasteiger partial charge is 0.315 e. The highest BCUT2D eigenvalue weighted by molar-refractivity contribution is 5.74. The number of methoxy groups -OCH3 is 1. The largest absolute Gasteiger partial charge is 0.481 e. The molecule has 2 aromatic rings. The maximum atomic E-state index is 11.8. The molecule has 2 aromatic heterocycles. The molecule has 2 N–H and O–H groups in total. The highest BCUT2D eigenvalue weighted by atomic mass is 16.5. The number of carbonyl (C=O) groups is 1. The van der Waals surface area contributed by atoms with Crippen LogP contribution in [0, 0.1) is 0 Å². The minimum absolute atomic E-state index is 0.0213. The number of nitrogens with one attached hydrogen (secondary N) is 2. The Morgan fingerprint density at radius 2 is 2.29 bits per heavy atom. The quantitative estimate of drug-likeness (QED) is 0.854. The van der Waals surface area contributed by atoms with E-state index in [1.807, 2.05) is 25.1 Å². The van der Waals surface area contributed by atoms with Crippen molar-refractivity contribution in [2.45, 2.75) is 25.9 Å². The summed E-state index contributed by atoms with van der Waals surface area (Å²) in [5, 5.41) is 5.64. The number of furan rings is 1. The molecular weight excluding hydrogens is 270 g/mol. The Morgan fingerprint density at radius 3 is 3.00 bits per heavy atom. The Labute approximate surface area is 123 Å². The van der Waals surface area contributed by atoms with Crippen molar-refractivity contribution in [3.63, 3.8) is 0 Å². The molecule has 112 valence electrons. The molecule has 0 radical (unpaired) electrons. The standard InChI is InChI=1S/C15H19N3O3/c1-11(9-13-6-4-8-21-13)18-15(19)17-10-12-5-3-7-16-14(12)20-2/h3-8,11H,9-10H2,1-2H3,(H2,17,18,19)/t11-/m1/s1. The normalized spacial score (nSPS) is 11.7. The molecule has 2 amide bonds. The van der Waals surface area contributed by atoms with E-state index in [4.69, 9.17) is 9.15 Å². The van der Waals surface area contributed by atoms with Crippen LogP contribution < -0.4 is 15.4 Å². The fourth-order valence-corrected chi connectivity index (χ4v) is 1.97. The number of rotatable bonds is 6. The van der Waals surface area contributed by atoms with Crippen LogP contribution >= 0.6 is 0 Å². The molecule has 21 heavy (non-hydrogen) atoms. The highest BCUT2D eigenvalue weighted by Gasteiger charge is 2.10. The van der Waals surface area contributed by atoms with Gasteiger partial charge in [-0.3, -0.25) is 0 Å². The summed E-state index contributed by atoms with van der Waals surface area (Å²) in [5.74, 6) is 1.36. The van der Waals surface area contributed by atoms with E-state index in [1.165, 1.54) is 0 Å². The van der Waals surface area contributed by atoms with Crippen LogP contribution in [0.3, 0.4) is 0 Å². The number of nitrogens with zero attached hydrogens (tertiary/aromatic N) is 1. The van der Waals surface area contributed by atoms with Crippen molar-refractivity contribution < 1.29 is 13.9 Å².